The number of carboxylic acids is 1. The van der Waals surface area contributed by atoms with Crippen LogP contribution in [0.4, 0.5) is 0 Å². The van der Waals surface area contributed by atoms with Crippen molar-refractivity contribution in [2.45, 2.75) is 3.79 Å². The number of nitrogens with zero attached hydrogens (tertiary/aromatic N) is 1. The summed E-state index contributed by atoms with van der Waals surface area (Å²) in [5.41, 5.74) is 0. The van der Waals surface area contributed by atoms with Crippen molar-refractivity contribution in [2.75, 3.05) is 34.3 Å². The van der Waals surface area contributed by atoms with E-state index in [1.54, 1.807) is 0 Å². The van der Waals surface area contributed by atoms with Crippen LogP contribution in [0.1, 0.15) is 0 Å². The maximum atomic E-state index is 9.51. The van der Waals surface area contributed by atoms with Crippen LogP contribution in [0.25, 0.3) is 0 Å². The Bertz CT molecular complexity index is 174. The number of likely N-dealkylation sites (N-methyl/N-ethyl adjacent to an activating group) is 1. The van der Waals surface area contributed by atoms with Crippen LogP contribution in [0.15, 0.2) is 0 Å². The summed E-state index contributed by atoms with van der Waals surface area (Å²) >= 11 is 14.2. The van der Waals surface area contributed by atoms with Gasteiger partial charge in [-0.05, 0) is 0 Å². The molecule has 0 spiro atoms. The van der Waals surface area contributed by atoms with Crippen LogP contribution in [0.3, 0.4) is 0 Å². The maximum Gasteiger partial charge on any atom is 0.230 e. The molecule has 0 aliphatic carbocycles. The lowest BCUT2D eigenvalue weighted by Gasteiger charge is -2.21. The molecule has 0 rings (SSSR count). The number of aliphatic hydroxyl groups excluding tert-OH is 1. The highest BCUT2D eigenvalue weighted by Crippen LogP contribution is 2.24. The van der Waals surface area contributed by atoms with Gasteiger partial charge in [-0.3, -0.25) is 0 Å². The Morgan fingerprint density at radius 1 is 1.36 bits per heavy atom. The third kappa shape index (κ3) is 14.8. The van der Waals surface area contributed by atoms with Gasteiger partial charge in [-0.2, -0.15) is 0 Å². The van der Waals surface area contributed by atoms with E-state index in [4.69, 9.17) is 39.9 Å². The number of quaternary nitrogens is 1. The highest BCUT2D eigenvalue weighted by Gasteiger charge is 2.20. The number of rotatable bonds is 2. The van der Waals surface area contributed by atoms with E-state index in [1.807, 2.05) is 0 Å². The molecule has 7 heteroatoms. The minimum Gasteiger partial charge on any atom is -0.545 e. The largest absolute Gasteiger partial charge is 0.545 e. The van der Waals surface area contributed by atoms with Crippen LogP contribution < -0.4 is 5.11 Å². The lowest BCUT2D eigenvalue weighted by atomic mass is 10.5. The fraction of sp³-hybridized carbons (Fsp3) is 0.857. The number of carbonyl (C=O) groups excluding carboxylic acids is 1. The Kier molecular flexibility index (Phi) is 7.97. The number of carboxylic acid groups (broad SMARTS) is 1. The van der Waals surface area contributed by atoms with Crippen molar-refractivity contribution in [1.29, 1.82) is 0 Å². The van der Waals surface area contributed by atoms with Gasteiger partial charge >= 0.3 is 0 Å². The Morgan fingerprint density at radius 3 is 1.64 bits per heavy atom. The average Bonchev–Trinajstić information content (AvgIpc) is 1.82. The molecule has 0 fully saturated rings. The van der Waals surface area contributed by atoms with Crippen LogP contribution in [0.2, 0.25) is 0 Å². The summed E-state index contributed by atoms with van der Waals surface area (Å²) in [4.78, 5) is 9.51. The monoisotopic (exact) mass is 265 g/mol. The van der Waals surface area contributed by atoms with Gasteiger partial charge in [0.25, 0.3) is 0 Å². The smallest absolute Gasteiger partial charge is 0.230 e. The lowest BCUT2D eigenvalue weighted by Crippen LogP contribution is -2.36. The van der Waals surface area contributed by atoms with Crippen molar-refractivity contribution >= 4 is 40.8 Å². The van der Waals surface area contributed by atoms with E-state index in [2.05, 4.69) is 21.1 Å². The number of hydrogen-bond acceptors (Lipinski definition) is 3. The van der Waals surface area contributed by atoms with Gasteiger partial charge < -0.3 is 19.5 Å². The topological polar surface area (TPSA) is 60.4 Å². The van der Waals surface area contributed by atoms with Crippen molar-refractivity contribution in [1.82, 2.24) is 0 Å². The summed E-state index contributed by atoms with van der Waals surface area (Å²) in [6, 6.07) is 0. The van der Waals surface area contributed by atoms with Crippen LogP contribution in [-0.4, -0.2) is 53.6 Å². The molecule has 0 unspecified atom stereocenters. The first kappa shape index (κ1) is 16.7. The molecule has 86 valence electrons. The van der Waals surface area contributed by atoms with Gasteiger partial charge in [0.2, 0.25) is 3.79 Å². The summed E-state index contributed by atoms with van der Waals surface area (Å²) in [6.45, 7) is 1.11. The van der Waals surface area contributed by atoms with Crippen LogP contribution in [-0.2, 0) is 4.79 Å². The molecule has 1 N–H and O–H groups in total. The molecule has 0 aliphatic heterocycles. The zero-order valence-electron chi connectivity index (χ0n) is 8.26. The van der Waals surface area contributed by atoms with E-state index in [-0.39, 0.29) is 6.61 Å². The molecule has 0 aromatic carbocycles. The molecule has 14 heavy (non-hydrogen) atoms. The third-order valence-corrected chi connectivity index (χ3v) is 1.47. The molecule has 0 amide bonds. The van der Waals surface area contributed by atoms with Gasteiger partial charge in [0.15, 0.2) is 0 Å². The fourth-order valence-corrected chi connectivity index (χ4v) is 0.300. The van der Waals surface area contributed by atoms with Gasteiger partial charge in [-0.25, -0.2) is 0 Å². The number of carbonyl (C=O) groups is 1. The first-order valence-electron chi connectivity index (χ1n) is 3.70. The molecule has 0 atom stereocenters. The highest BCUT2D eigenvalue weighted by atomic mass is 35.6. The Labute approximate surface area is 98.6 Å². The molecule has 0 heterocycles. The normalized spacial score (nSPS) is 11.6. The van der Waals surface area contributed by atoms with Gasteiger partial charge in [-0.15, -0.1) is 0 Å². The van der Waals surface area contributed by atoms with Crippen LogP contribution in [0, 0.1) is 0 Å². The summed E-state index contributed by atoms with van der Waals surface area (Å²) in [6.07, 6.45) is 0. The predicted octanol–water partition coefficient (Wildman–Crippen LogP) is -0.209. The number of alkyl halides is 3. The number of halogens is 3. The zero-order chi connectivity index (χ0) is 12.0. The van der Waals surface area contributed by atoms with E-state index in [9.17, 15) is 9.90 Å². The van der Waals surface area contributed by atoms with Crippen LogP contribution >= 0.6 is 34.8 Å². The number of hydrogen-bond donors (Lipinski definition) is 1. The molecule has 0 saturated carbocycles. The summed E-state index contributed by atoms with van der Waals surface area (Å²) in [5.74, 6) is -1.71. The van der Waals surface area contributed by atoms with E-state index in [0.29, 0.717) is 0 Å². The minimum atomic E-state index is -2.28. The summed E-state index contributed by atoms with van der Waals surface area (Å²) in [5, 5.41) is 17.9. The standard InChI is InChI=1S/C5H14NO.C2HCl3O2/c1-6(2,3)4-5-7;3-2(4,5)1(6)7/h7H,4-5H2,1-3H3;(H,6,7)/q+1;/p-1. The molecule has 4 nitrogen and oxygen atoms in total. The molecular formula is C7H14Cl3NO3. The van der Waals surface area contributed by atoms with Gasteiger partial charge in [0, 0.05) is 0 Å². The number of aliphatic carboxylic acids is 1. The second kappa shape index (κ2) is 6.69. The molecule has 0 bridgehead atoms. The van der Waals surface area contributed by atoms with E-state index in [1.165, 1.54) is 0 Å². The first-order chi connectivity index (χ1) is 6.00. The second-order valence-electron chi connectivity index (χ2n) is 3.52. The Balaban J connectivity index is 0. The van der Waals surface area contributed by atoms with E-state index >= 15 is 0 Å². The van der Waals surface area contributed by atoms with Gasteiger partial charge in [0.1, 0.15) is 6.54 Å². The minimum absolute atomic E-state index is 0.281. The highest BCUT2D eigenvalue weighted by molar-refractivity contribution is 6.75. The third-order valence-electron chi connectivity index (χ3n) is 1.00. The van der Waals surface area contributed by atoms with Crippen LogP contribution in [0.5, 0.6) is 0 Å². The Morgan fingerprint density at radius 2 is 1.64 bits per heavy atom. The molecular weight excluding hydrogens is 252 g/mol. The predicted molar refractivity (Wildman–Crippen MR) is 55.3 cm³/mol. The van der Waals surface area contributed by atoms with Crippen molar-refractivity contribution in [2.24, 2.45) is 0 Å². The molecule has 0 saturated heterocycles. The fourth-order valence-electron chi connectivity index (χ4n) is 0.300. The molecule has 0 radical (unpaired) electrons. The van der Waals surface area contributed by atoms with Crippen molar-refractivity contribution in [3.8, 4) is 0 Å². The quantitative estimate of drug-likeness (QED) is 0.556. The van der Waals surface area contributed by atoms with E-state index in [0.717, 1.165) is 11.0 Å². The number of aliphatic hydroxyl groups is 1. The zero-order valence-corrected chi connectivity index (χ0v) is 10.5. The molecule has 0 aromatic heterocycles. The van der Waals surface area contributed by atoms with Crippen molar-refractivity contribution < 1.29 is 19.5 Å². The SMILES string of the molecule is C[N+](C)(C)CCO.O=C([O-])C(Cl)(Cl)Cl. The average molecular weight is 267 g/mol. The summed E-state index contributed by atoms with van der Waals surface area (Å²) in [7, 11) is 6.16. The second-order valence-corrected chi connectivity index (χ2v) is 5.80. The summed E-state index contributed by atoms with van der Waals surface area (Å²) < 4.78 is -1.43. The lowest BCUT2D eigenvalue weighted by molar-refractivity contribution is -0.870. The first-order valence-corrected chi connectivity index (χ1v) is 4.83. The van der Waals surface area contributed by atoms with E-state index < -0.39 is 9.76 Å². The maximum absolute atomic E-state index is 9.51. The van der Waals surface area contributed by atoms with Gasteiger partial charge in [-0.1, -0.05) is 34.8 Å². The van der Waals surface area contributed by atoms with Gasteiger partial charge in [0.05, 0.1) is 33.7 Å². The Hall–Kier alpha value is 0.260. The van der Waals surface area contributed by atoms with Crippen molar-refractivity contribution in [3.63, 3.8) is 0 Å². The van der Waals surface area contributed by atoms with Crippen molar-refractivity contribution in [3.05, 3.63) is 0 Å². The molecule has 0 aromatic rings. The molecule has 0 aliphatic rings.